The molecule has 0 amide bonds. The van der Waals surface area contributed by atoms with Crippen LogP contribution < -0.4 is 5.73 Å². The van der Waals surface area contributed by atoms with Crippen LogP contribution in [0.3, 0.4) is 0 Å². The molecule has 19 heavy (non-hydrogen) atoms. The van der Waals surface area contributed by atoms with E-state index in [2.05, 4.69) is 25.9 Å². The van der Waals surface area contributed by atoms with Gasteiger partial charge in [-0.05, 0) is 28.1 Å². The molecule has 0 saturated carbocycles. The summed E-state index contributed by atoms with van der Waals surface area (Å²) in [7, 11) is 1.53. The van der Waals surface area contributed by atoms with Crippen molar-refractivity contribution in [2.75, 3.05) is 12.8 Å². The molecule has 0 aliphatic rings. The molecule has 100 valence electrons. The predicted octanol–water partition coefficient (Wildman–Crippen LogP) is 2.48. The van der Waals surface area contributed by atoms with E-state index in [-0.39, 0.29) is 24.0 Å². The molecule has 1 aromatic heterocycles. The molecule has 0 unspecified atom stereocenters. The summed E-state index contributed by atoms with van der Waals surface area (Å²) in [5, 5.41) is 9.39. The summed E-state index contributed by atoms with van der Waals surface area (Å²) in [6.45, 7) is 0.238. The molecule has 2 aromatic rings. The summed E-state index contributed by atoms with van der Waals surface area (Å²) >= 11 is 3.26. The number of halogens is 2. The van der Waals surface area contributed by atoms with Crippen molar-refractivity contribution in [1.29, 1.82) is 0 Å². The maximum absolute atomic E-state index is 13.3. The monoisotopic (exact) mass is 327 g/mol. The topological polar surface area (TPSA) is 81.3 Å². The van der Waals surface area contributed by atoms with Crippen molar-refractivity contribution in [3.63, 3.8) is 0 Å². The number of nitrogens with two attached hydrogens (primary N) is 1. The Labute approximate surface area is 117 Å². The van der Waals surface area contributed by atoms with Gasteiger partial charge in [-0.15, -0.1) is 0 Å². The molecule has 1 heterocycles. The Morgan fingerprint density at radius 3 is 2.74 bits per heavy atom. The van der Waals surface area contributed by atoms with E-state index < -0.39 is 5.82 Å². The second-order valence-electron chi connectivity index (χ2n) is 3.82. The van der Waals surface area contributed by atoms with Gasteiger partial charge in [-0.25, -0.2) is 14.4 Å². The molecule has 0 bridgehead atoms. The minimum atomic E-state index is -0.576. The van der Waals surface area contributed by atoms with Gasteiger partial charge in [0.25, 0.3) is 0 Å². The Bertz CT molecular complexity index is 602. The van der Waals surface area contributed by atoms with Crippen LogP contribution >= 0.6 is 15.9 Å². The minimum absolute atomic E-state index is 0.201. The molecule has 5 nitrogen and oxygen atoms in total. The molecule has 0 fully saturated rings. The molecule has 2 rings (SSSR count). The third-order valence-corrected chi connectivity index (χ3v) is 3.23. The van der Waals surface area contributed by atoms with Crippen LogP contribution in [-0.2, 0) is 11.3 Å². The normalized spacial score (nSPS) is 10.7. The van der Waals surface area contributed by atoms with Gasteiger partial charge >= 0.3 is 0 Å². The Kier molecular flexibility index (Phi) is 3.96. The van der Waals surface area contributed by atoms with Crippen LogP contribution in [0.1, 0.15) is 5.69 Å². The third-order valence-electron chi connectivity index (χ3n) is 2.37. The maximum Gasteiger partial charge on any atom is 0.162 e. The van der Waals surface area contributed by atoms with Crippen LogP contribution in [0.2, 0.25) is 0 Å². The SMILES string of the molecule is COCc1nc(-c2cc(O)cc(F)c2)nc(N)c1Br. The standard InChI is InChI=1S/C12H11BrFN3O2/c1-19-5-9-10(13)11(15)17-12(16-9)6-2-7(14)4-8(18)3-6/h2-4,18H,5H2,1H3,(H2,15,16,17). The lowest BCUT2D eigenvalue weighted by Crippen LogP contribution is -2.04. The minimum Gasteiger partial charge on any atom is -0.508 e. The fourth-order valence-electron chi connectivity index (χ4n) is 1.58. The Morgan fingerprint density at radius 1 is 1.37 bits per heavy atom. The number of ether oxygens (including phenoxy) is 1. The van der Waals surface area contributed by atoms with Crippen LogP contribution in [0.4, 0.5) is 10.2 Å². The van der Waals surface area contributed by atoms with Crippen molar-refractivity contribution in [2.24, 2.45) is 0 Å². The van der Waals surface area contributed by atoms with Crippen molar-refractivity contribution in [3.8, 4) is 17.1 Å². The van der Waals surface area contributed by atoms with E-state index in [1.54, 1.807) is 0 Å². The van der Waals surface area contributed by atoms with E-state index in [4.69, 9.17) is 10.5 Å². The number of benzene rings is 1. The summed E-state index contributed by atoms with van der Waals surface area (Å²) in [5.74, 6) is -0.329. The van der Waals surface area contributed by atoms with Gasteiger partial charge in [0.2, 0.25) is 0 Å². The number of aromatic nitrogens is 2. The number of phenolic OH excluding ortho intramolecular Hbond substituents is 1. The Morgan fingerprint density at radius 2 is 2.11 bits per heavy atom. The van der Waals surface area contributed by atoms with Crippen LogP contribution in [0.5, 0.6) is 5.75 Å². The number of methoxy groups -OCH3 is 1. The van der Waals surface area contributed by atoms with E-state index in [9.17, 15) is 9.50 Å². The molecular formula is C12H11BrFN3O2. The Hall–Kier alpha value is -1.73. The highest BCUT2D eigenvalue weighted by Crippen LogP contribution is 2.27. The van der Waals surface area contributed by atoms with Gasteiger partial charge in [0.05, 0.1) is 16.8 Å². The summed E-state index contributed by atoms with van der Waals surface area (Å²) in [4.78, 5) is 8.29. The second kappa shape index (κ2) is 5.50. The first kappa shape index (κ1) is 13.7. The fraction of sp³-hybridized carbons (Fsp3) is 0.167. The predicted molar refractivity (Wildman–Crippen MR) is 71.9 cm³/mol. The van der Waals surface area contributed by atoms with Crippen molar-refractivity contribution in [1.82, 2.24) is 9.97 Å². The van der Waals surface area contributed by atoms with Crippen LogP contribution in [0.25, 0.3) is 11.4 Å². The molecule has 0 spiro atoms. The molecule has 0 aliphatic heterocycles. The molecule has 1 aromatic carbocycles. The summed E-state index contributed by atoms with van der Waals surface area (Å²) < 4.78 is 18.8. The quantitative estimate of drug-likeness (QED) is 0.905. The van der Waals surface area contributed by atoms with Gasteiger partial charge in [-0.3, -0.25) is 0 Å². The van der Waals surface area contributed by atoms with Gasteiger partial charge in [-0.2, -0.15) is 0 Å². The van der Waals surface area contributed by atoms with E-state index in [0.29, 0.717) is 15.7 Å². The Balaban J connectivity index is 2.55. The van der Waals surface area contributed by atoms with E-state index in [1.807, 2.05) is 0 Å². The first-order chi connectivity index (χ1) is 9.01. The molecule has 7 heteroatoms. The van der Waals surface area contributed by atoms with Gasteiger partial charge in [-0.1, -0.05) is 0 Å². The number of nitrogens with zero attached hydrogens (tertiary/aromatic N) is 2. The molecular weight excluding hydrogens is 317 g/mol. The number of hydrogen-bond donors (Lipinski definition) is 2. The smallest absolute Gasteiger partial charge is 0.162 e. The van der Waals surface area contributed by atoms with Gasteiger partial charge in [0, 0.05) is 18.7 Å². The zero-order valence-corrected chi connectivity index (χ0v) is 11.6. The average molecular weight is 328 g/mol. The van der Waals surface area contributed by atoms with E-state index >= 15 is 0 Å². The number of nitrogen functional groups attached to an aromatic ring is 1. The molecule has 0 atom stereocenters. The van der Waals surface area contributed by atoms with E-state index in [1.165, 1.54) is 19.2 Å². The average Bonchev–Trinajstić information content (AvgIpc) is 2.33. The van der Waals surface area contributed by atoms with Crippen LogP contribution in [0.15, 0.2) is 22.7 Å². The summed E-state index contributed by atoms with van der Waals surface area (Å²) in [6.07, 6.45) is 0. The lowest BCUT2D eigenvalue weighted by molar-refractivity contribution is 0.181. The van der Waals surface area contributed by atoms with Crippen molar-refractivity contribution in [3.05, 3.63) is 34.2 Å². The number of phenols is 1. The molecule has 0 aliphatic carbocycles. The summed E-state index contributed by atoms with van der Waals surface area (Å²) in [6, 6.07) is 3.59. The largest absolute Gasteiger partial charge is 0.508 e. The van der Waals surface area contributed by atoms with Gasteiger partial charge < -0.3 is 15.6 Å². The molecule has 0 saturated heterocycles. The highest BCUT2D eigenvalue weighted by atomic mass is 79.9. The van der Waals surface area contributed by atoms with Crippen molar-refractivity contribution >= 4 is 21.7 Å². The zero-order valence-electron chi connectivity index (χ0n) is 10.0. The summed E-state index contributed by atoms with van der Waals surface area (Å²) in [5.41, 5.74) is 6.65. The second-order valence-corrected chi connectivity index (χ2v) is 4.62. The number of anilines is 1. The van der Waals surface area contributed by atoms with Gasteiger partial charge in [0.1, 0.15) is 17.4 Å². The number of hydrogen-bond acceptors (Lipinski definition) is 5. The fourth-order valence-corrected chi connectivity index (χ4v) is 1.87. The maximum atomic E-state index is 13.3. The van der Waals surface area contributed by atoms with E-state index in [0.717, 1.165) is 6.07 Å². The van der Waals surface area contributed by atoms with Gasteiger partial charge in [0.15, 0.2) is 5.82 Å². The molecule has 3 N–H and O–H groups in total. The zero-order chi connectivity index (χ0) is 14.0. The lowest BCUT2D eigenvalue weighted by Gasteiger charge is -2.08. The van der Waals surface area contributed by atoms with Crippen LogP contribution in [0, 0.1) is 5.82 Å². The highest BCUT2D eigenvalue weighted by molar-refractivity contribution is 9.10. The first-order valence-corrected chi connectivity index (χ1v) is 6.11. The van der Waals surface area contributed by atoms with Crippen molar-refractivity contribution < 1.29 is 14.2 Å². The number of aromatic hydroxyl groups is 1. The number of rotatable bonds is 3. The molecule has 0 radical (unpaired) electrons. The third kappa shape index (κ3) is 2.99. The lowest BCUT2D eigenvalue weighted by atomic mass is 10.2. The van der Waals surface area contributed by atoms with Crippen LogP contribution in [-0.4, -0.2) is 22.2 Å². The highest BCUT2D eigenvalue weighted by Gasteiger charge is 2.12. The van der Waals surface area contributed by atoms with Crippen molar-refractivity contribution in [2.45, 2.75) is 6.61 Å². The first-order valence-electron chi connectivity index (χ1n) is 5.32.